The van der Waals surface area contributed by atoms with E-state index in [-0.39, 0.29) is 0 Å². The summed E-state index contributed by atoms with van der Waals surface area (Å²) in [6.45, 7) is 10.4. The summed E-state index contributed by atoms with van der Waals surface area (Å²) in [4.78, 5) is 2.64. The van der Waals surface area contributed by atoms with Gasteiger partial charge < -0.3 is 5.32 Å². The molecule has 0 saturated carbocycles. The highest BCUT2D eigenvalue weighted by molar-refractivity contribution is 5.16. The van der Waals surface area contributed by atoms with Crippen molar-refractivity contribution >= 4 is 0 Å². The smallest absolute Gasteiger partial charge is 0.0278 e. The van der Waals surface area contributed by atoms with E-state index < -0.39 is 0 Å². The number of nitrogens with zero attached hydrogens (tertiary/aromatic N) is 1. The van der Waals surface area contributed by atoms with E-state index >= 15 is 0 Å². The summed E-state index contributed by atoms with van der Waals surface area (Å²) in [6, 6.07) is 11.4. The van der Waals surface area contributed by atoms with Gasteiger partial charge in [-0.05, 0) is 38.8 Å². The molecule has 0 aliphatic carbocycles. The second-order valence-electron chi connectivity index (χ2n) is 6.03. The number of piperazine rings is 1. The Morgan fingerprint density at radius 1 is 1.28 bits per heavy atom. The normalized spacial score (nSPS) is 24.1. The van der Waals surface area contributed by atoms with Crippen LogP contribution in [0.25, 0.3) is 0 Å². The van der Waals surface area contributed by atoms with Gasteiger partial charge in [-0.2, -0.15) is 0 Å². The van der Waals surface area contributed by atoms with E-state index in [0.29, 0.717) is 11.6 Å². The molecule has 2 rings (SSSR count). The molecule has 1 fully saturated rings. The molecule has 1 unspecified atom stereocenters. The molecule has 0 bridgehead atoms. The average Bonchev–Trinajstić information content (AvgIpc) is 2.35. The second-order valence-corrected chi connectivity index (χ2v) is 6.03. The van der Waals surface area contributed by atoms with Crippen LogP contribution in [-0.4, -0.2) is 36.1 Å². The van der Waals surface area contributed by atoms with Crippen molar-refractivity contribution in [2.24, 2.45) is 0 Å². The topological polar surface area (TPSA) is 15.3 Å². The van der Waals surface area contributed by atoms with Crippen molar-refractivity contribution in [2.45, 2.75) is 45.2 Å². The molecule has 1 atom stereocenters. The number of benzene rings is 1. The van der Waals surface area contributed by atoms with Crippen molar-refractivity contribution in [3.8, 4) is 0 Å². The van der Waals surface area contributed by atoms with Crippen LogP contribution in [0.15, 0.2) is 30.3 Å². The molecule has 2 nitrogen and oxygen atoms in total. The standard InChI is InChI=1S/C16H26N2/c1-4-10-18-12-15(17-13-16(18,2)3)11-14-8-6-5-7-9-14/h5-9,15,17H,4,10-13H2,1-3H3. The summed E-state index contributed by atoms with van der Waals surface area (Å²) in [5.74, 6) is 0. The van der Waals surface area contributed by atoms with E-state index in [1.165, 1.54) is 18.5 Å². The van der Waals surface area contributed by atoms with Crippen LogP contribution in [0.4, 0.5) is 0 Å². The van der Waals surface area contributed by atoms with Crippen molar-refractivity contribution < 1.29 is 0 Å². The maximum atomic E-state index is 3.70. The average molecular weight is 246 g/mol. The third-order valence-electron chi connectivity index (χ3n) is 3.94. The zero-order valence-corrected chi connectivity index (χ0v) is 11.9. The Hall–Kier alpha value is -0.860. The lowest BCUT2D eigenvalue weighted by Gasteiger charge is -2.46. The monoisotopic (exact) mass is 246 g/mol. The van der Waals surface area contributed by atoms with Crippen molar-refractivity contribution in [2.75, 3.05) is 19.6 Å². The van der Waals surface area contributed by atoms with Crippen molar-refractivity contribution in [3.63, 3.8) is 0 Å². The first kappa shape index (κ1) is 13.6. The summed E-state index contributed by atoms with van der Waals surface area (Å²) in [6.07, 6.45) is 2.37. The molecule has 0 spiro atoms. The Balaban J connectivity index is 1.96. The lowest BCUT2D eigenvalue weighted by Crippen LogP contribution is -2.62. The van der Waals surface area contributed by atoms with Crippen LogP contribution in [0.3, 0.4) is 0 Å². The van der Waals surface area contributed by atoms with E-state index in [4.69, 9.17) is 0 Å². The molecule has 1 aliphatic heterocycles. The largest absolute Gasteiger partial charge is 0.311 e. The third kappa shape index (κ3) is 3.33. The van der Waals surface area contributed by atoms with Crippen LogP contribution >= 0.6 is 0 Å². The molecule has 1 saturated heterocycles. The molecule has 1 aromatic carbocycles. The highest BCUT2D eigenvalue weighted by atomic mass is 15.3. The van der Waals surface area contributed by atoms with Gasteiger partial charge in [0, 0.05) is 24.7 Å². The zero-order valence-electron chi connectivity index (χ0n) is 11.9. The molecule has 1 heterocycles. The quantitative estimate of drug-likeness (QED) is 0.878. The van der Waals surface area contributed by atoms with Gasteiger partial charge in [0.15, 0.2) is 0 Å². The highest BCUT2D eigenvalue weighted by Gasteiger charge is 2.32. The van der Waals surface area contributed by atoms with Crippen molar-refractivity contribution in [1.82, 2.24) is 10.2 Å². The predicted octanol–water partition coefficient (Wildman–Crippen LogP) is 2.69. The van der Waals surface area contributed by atoms with Gasteiger partial charge in [-0.25, -0.2) is 0 Å². The molecule has 0 aromatic heterocycles. The molecular weight excluding hydrogens is 220 g/mol. The first-order valence-corrected chi connectivity index (χ1v) is 7.14. The van der Waals surface area contributed by atoms with Crippen LogP contribution in [0, 0.1) is 0 Å². The first-order chi connectivity index (χ1) is 8.62. The van der Waals surface area contributed by atoms with E-state index in [9.17, 15) is 0 Å². The molecule has 2 heteroatoms. The SMILES string of the molecule is CCCN1CC(Cc2ccccc2)NCC1(C)C. The Bertz CT molecular complexity index is 359. The van der Waals surface area contributed by atoms with Gasteiger partial charge in [0.25, 0.3) is 0 Å². The van der Waals surface area contributed by atoms with E-state index in [1.54, 1.807) is 0 Å². The Labute approximate surface area is 111 Å². The van der Waals surface area contributed by atoms with Gasteiger partial charge in [0.1, 0.15) is 0 Å². The molecule has 1 aliphatic rings. The lowest BCUT2D eigenvalue weighted by atomic mass is 9.94. The molecule has 1 aromatic rings. The summed E-state index contributed by atoms with van der Waals surface area (Å²) in [5.41, 5.74) is 1.73. The van der Waals surface area contributed by atoms with Crippen LogP contribution in [0.2, 0.25) is 0 Å². The van der Waals surface area contributed by atoms with Crippen LogP contribution in [0.5, 0.6) is 0 Å². The van der Waals surface area contributed by atoms with Crippen LogP contribution < -0.4 is 5.32 Å². The van der Waals surface area contributed by atoms with Gasteiger partial charge in [0.05, 0.1) is 0 Å². The van der Waals surface area contributed by atoms with Crippen molar-refractivity contribution in [3.05, 3.63) is 35.9 Å². The van der Waals surface area contributed by atoms with E-state index in [0.717, 1.165) is 19.5 Å². The van der Waals surface area contributed by atoms with E-state index in [2.05, 4.69) is 61.3 Å². The summed E-state index contributed by atoms with van der Waals surface area (Å²) < 4.78 is 0. The molecule has 0 amide bonds. The summed E-state index contributed by atoms with van der Waals surface area (Å²) in [7, 11) is 0. The first-order valence-electron chi connectivity index (χ1n) is 7.14. The number of rotatable bonds is 4. The molecule has 1 N–H and O–H groups in total. The van der Waals surface area contributed by atoms with Gasteiger partial charge in [-0.3, -0.25) is 4.90 Å². The fourth-order valence-corrected chi connectivity index (χ4v) is 2.78. The maximum Gasteiger partial charge on any atom is 0.0278 e. The number of hydrogen-bond acceptors (Lipinski definition) is 2. The molecule has 100 valence electrons. The Morgan fingerprint density at radius 2 is 2.00 bits per heavy atom. The third-order valence-corrected chi connectivity index (χ3v) is 3.94. The minimum Gasteiger partial charge on any atom is -0.311 e. The van der Waals surface area contributed by atoms with Gasteiger partial charge in [0.2, 0.25) is 0 Å². The second kappa shape index (κ2) is 5.85. The van der Waals surface area contributed by atoms with Gasteiger partial charge >= 0.3 is 0 Å². The fourth-order valence-electron chi connectivity index (χ4n) is 2.78. The van der Waals surface area contributed by atoms with E-state index in [1.807, 2.05) is 0 Å². The zero-order chi connectivity index (χ0) is 13.0. The minimum atomic E-state index is 0.295. The number of nitrogens with one attached hydrogen (secondary N) is 1. The lowest BCUT2D eigenvalue weighted by molar-refractivity contribution is 0.0663. The predicted molar refractivity (Wildman–Crippen MR) is 77.9 cm³/mol. The summed E-state index contributed by atoms with van der Waals surface area (Å²) >= 11 is 0. The van der Waals surface area contributed by atoms with Gasteiger partial charge in [-0.1, -0.05) is 37.3 Å². The van der Waals surface area contributed by atoms with Crippen LogP contribution in [-0.2, 0) is 6.42 Å². The molecular formula is C16H26N2. The highest BCUT2D eigenvalue weighted by Crippen LogP contribution is 2.20. The van der Waals surface area contributed by atoms with Gasteiger partial charge in [-0.15, -0.1) is 0 Å². The Morgan fingerprint density at radius 3 is 2.67 bits per heavy atom. The fraction of sp³-hybridized carbons (Fsp3) is 0.625. The molecule has 0 radical (unpaired) electrons. The summed E-state index contributed by atoms with van der Waals surface area (Å²) in [5, 5.41) is 3.70. The Kier molecular flexibility index (Phi) is 4.41. The minimum absolute atomic E-state index is 0.295. The molecule has 18 heavy (non-hydrogen) atoms. The maximum absolute atomic E-state index is 3.70. The number of hydrogen-bond donors (Lipinski definition) is 1. The van der Waals surface area contributed by atoms with Crippen LogP contribution in [0.1, 0.15) is 32.8 Å². The van der Waals surface area contributed by atoms with Crippen molar-refractivity contribution in [1.29, 1.82) is 0 Å².